The maximum absolute atomic E-state index is 14.5. The zero-order chi connectivity index (χ0) is 26.4. The minimum Gasteiger partial charge on any atom is -0.388 e. The van der Waals surface area contributed by atoms with Gasteiger partial charge in [0.2, 0.25) is 0 Å². The molecule has 0 bridgehead atoms. The Balaban J connectivity index is 1.81. The van der Waals surface area contributed by atoms with Gasteiger partial charge in [-0.2, -0.15) is 0 Å². The van der Waals surface area contributed by atoms with Crippen LogP contribution in [0.4, 0.5) is 8.78 Å². The van der Waals surface area contributed by atoms with E-state index in [9.17, 15) is 23.5 Å². The number of hydrogen-bond acceptors (Lipinski definition) is 4. The van der Waals surface area contributed by atoms with Gasteiger partial charge in [-0.05, 0) is 55.7 Å². The normalized spacial score (nSPS) is 12.8. The molecule has 0 aliphatic carbocycles. The van der Waals surface area contributed by atoms with Crippen LogP contribution in [0.15, 0.2) is 53.5 Å². The molecule has 4 aromatic rings. The van der Waals surface area contributed by atoms with Crippen LogP contribution in [0.5, 0.6) is 0 Å². The topological polar surface area (TPSA) is 99.5 Å². The quantitative estimate of drug-likeness (QED) is 0.337. The van der Waals surface area contributed by atoms with E-state index in [2.05, 4.69) is 15.4 Å². The smallest absolute Gasteiger partial charge is 0.275 e. The summed E-state index contributed by atoms with van der Waals surface area (Å²) >= 11 is 5.83. The number of aromatic nitrogens is 3. The molecule has 0 fully saturated rings. The van der Waals surface area contributed by atoms with Crippen molar-refractivity contribution in [1.82, 2.24) is 19.9 Å². The molecule has 1 atom stereocenters. The molecule has 2 aromatic heterocycles. The van der Waals surface area contributed by atoms with Crippen LogP contribution in [-0.2, 0) is 0 Å². The van der Waals surface area contributed by atoms with Gasteiger partial charge in [-0.15, -0.1) is 5.10 Å². The lowest BCUT2D eigenvalue weighted by atomic mass is 9.91. The van der Waals surface area contributed by atoms with Gasteiger partial charge in [0.25, 0.3) is 11.5 Å². The average molecular weight is 515 g/mol. The number of amides is 1. The molecule has 1 amide bonds. The largest absolute Gasteiger partial charge is 0.388 e. The van der Waals surface area contributed by atoms with Crippen molar-refractivity contribution in [3.8, 4) is 11.4 Å². The summed E-state index contributed by atoms with van der Waals surface area (Å²) in [5, 5.41) is 18.1. The Morgan fingerprint density at radius 1 is 1.17 bits per heavy atom. The molecule has 0 unspecified atom stereocenters. The maximum Gasteiger partial charge on any atom is 0.275 e. The maximum atomic E-state index is 14.5. The van der Waals surface area contributed by atoms with Gasteiger partial charge in [-0.25, -0.2) is 13.3 Å². The number of hydrogen-bond donors (Lipinski definition) is 3. The highest BCUT2D eigenvalue weighted by Gasteiger charge is 2.32. The van der Waals surface area contributed by atoms with Gasteiger partial charge in [0.15, 0.2) is 5.82 Å². The van der Waals surface area contributed by atoms with Crippen molar-refractivity contribution < 1.29 is 18.7 Å². The van der Waals surface area contributed by atoms with E-state index in [-0.39, 0.29) is 33.4 Å². The van der Waals surface area contributed by atoms with Crippen molar-refractivity contribution in [1.29, 1.82) is 0 Å². The molecule has 0 aliphatic rings. The third-order valence-corrected chi connectivity index (χ3v) is 6.11. The van der Waals surface area contributed by atoms with E-state index in [0.29, 0.717) is 11.1 Å². The minimum atomic E-state index is -1.39. The van der Waals surface area contributed by atoms with Crippen molar-refractivity contribution in [3.63, 3.8) is 0 Å². The van der Waals surface area contributed by atoms with Crippen LogP contribution >= 0.6 is 11.6 Å². The van der Waals surface area contributed by atoms with Crippen LogP contribution in [0.3, 0.4) is 0 Å². The molecule has 2 heterocycles. The summed E-state index contributed by atoms with van der Waals surface area (Å²) in [5.41, 5.74) is -0.624. The second-order valence-corrected chi connectivity index (χ2v) is 9.88. The number of benzene rings is 2. The molecule has 0 aliphatic heterocycles. The Bertz CT molecular complexity index is 1500. The minimum absolute atomic E-state index is 0.0281. The van der Waals surface area contributed by atoms with Gasteiger partial charge in [-0.1, -0.05) is 37.6 Å². The van der Waals surface area contributed by atoms with Crippen LogP contribution < -0.4 is 10.9 Å². The highest BCUT2D eigenvalue weighted by Crippen LogP contribution is 2.30. The standard InChI is InChI=1S/C26H25ClF2N4O3/c1-13(2)20-18(24(34)30-22(26(3,4)36)14-5-8-16(28)9-6-14)12-33-21(20)25(35)31-23(32-33)17-10-7-15(27)11-19(17)29/h5-13,22,36H,1-4H3,(H,30,34)(H,31,32,35)/t22-/m0/s1. The molecular weight excluding hydrogens is 490 g/mol. The molecule has 0 radical (unpaired) electrons. The van der Waals surface area contributed by atoms with Crippen LogP contribution in [0.2, 0.25) is 5.02 Å². The van der Waals surface area contributed by atoms with Crippen LogP contribution in [0, 0.1) is 11.6 Å². The summed E-state index contributed by atoms with van der Waals surface area (Å²) in [6.45, 7) is 6.71. The molecule has 3 N–H and O–H groups in total. The number of H-pyrrole nitrogens is 1. The van der Waals surface area contributed by atoms with E-state index in [1.54, 1.807) is 0 Å². The lowest BCUT2D eigenvalue weighted by molar-refractivity contribution is 0.0343. The van der Waals surface area contributed by atoms with E-state index in [4.69, 9.17) is 11.6 Å². The van der Waals surface area contributed by atoms with Gasteiger partial charge < -0.3 is 15.4 Å². The number of carbonyl (C=O) groups is 1. The van der Waals surface area contributed by atoms with Crippen molar-refractivity contribution in [3.05, 3.63) is 92.4 Å². The first-order valence-electron chi connectivity index (χ1n) is 11.3. The molecule has 7 nitrogen and oxygen atoms in total. The zero-order valence-corrected chi connectivity index (χ0v) is 20.8. The summed E-state index contributed by atoms with van der Waals surface area (Å²) in [5.74, 6) is -1.94. The summed E-state index contributed by atoms with van der Waals surface area (Å²) in [6, 6.07) is 8.57. The number of halogens is 3. The summed E-state index contributed by atoms with van der Waals surface area (Å²) in [7, 11) is 0. The molecule has 0 saturated heterocycles. The number of aliphatic hydroxyl groups is 1. The number of nitrogens with zero attached hydrogens (tertiary/aromatic N) is 2. The van der Waals surface area contributed by atoms with Crippen molar-refractivity contribution in [2.24, 2.45) is 0 Å². The zero-order valence-electron chi connectivity index (χ0n) is 20.1. The predicted molar refractivity (Wildman–Crippen MR) is 133 cm³/mol. The highest BCUT2D eigenvalue weighted by molar-refractivity contribution is 6.30. The number of aromatic amines is 1. The summed E-state index contributed by atoms with van der Waals surface area (Å²) < 4.78 is 29.2. The summed E-state index contributed by atoms with van der Waals surface area (Å²) in [4.78, 5) is 29.1. The number of rotatable bonds is 6. The Morgan fingerprint density at radius 2 is 1.83 bits per heavy atom. The second-order valence-electron chi connectivity index (χ2n) is 9.44. The molecule has 4 rings (SSSR count). The number of carbonyl (C=O) groups excluding carboxylic acids is 1. The fourth-order valence-corrected chi connectivity index (χ4v) is 4.37. The second kappa shape index (κ2) is 9.48. The first kappa shape index (κ1) is 25.5. The van der Waals surface area contributed by atoms with Crippen molar-refractivity contribution >= 4 is 23.0 Å². The Kier molecular flexibility index (Phi) is 6.72. The summed E-state index contributed by atoms with van der Waals surface area (Å²) in [6.07, 6.45) is 1.40. The first-order chi connectivity index (χ1) is 16.9. The third-order valence-electron chi connectivity index (χ3n) is 5.87. The fraction of sp³-hybridized carbons (Fsp3) is 0.269. The van der Waals surface area contributed by atoms with E-state index < -0.39 is 34.7 Å². The predicted octanol–water partition coefficient (Wildman–Crippen LogP) is 4.99. The molecule has 36 heavy (non-hydrogen) atoms. The molecule has 0 spiro atoms. The van der Waals surface area contributed by atoms with E-state index >= 15 is 0 Å². The molecule has 10 heteroatoms. The molecule has 0 saturated carbocycles. The van der Waals surface area contributed by atoms with Crippen molar-refractivity contribution in [2.75, 3.05) is 0 Å². The SMILES string of the molecule is CC(C)c1c(C(=O)N[C@@H](c2ccc(F)cc2)C(C)(C)O)cn2nc(-c3ccc(Cl)cc3F)[nH]c(=O)c12. The Hall–Kier alpha value is -3.56. The van der Waals surface area contributed by atoms with E-state index in [1.165, 1.54) is 61.0 Å². The lowest BCUT2D eigenvalue weighted by Gasteiger charge is -2.30. The molecular formula is C26H25ClF2N4O3. The third kappa shape index (κ3) is 4.89. The fourth-order valence-electron chi connectivity index (χ4n) is 4.21. The molecule has 2 aromatic carbocycles. The van der Waals surface area contributed by atoms with Crippen LogP contribution in [-0.4, -0.2) is 31.2 Å². The Labute approximate surface area is 210 Å². The van der Waals surface area contributed by atoms with Crippen LogP contribution in [0.25, 0.3) is 16.9 Å². The lowest BCUT2D eigenvalue weighted by Crippen LogP contribution is -2.42. The first-order valence-corrected chi connectivity index (χ1v) is 11.6. The molecule has 188 valence electrons. The van der Waals surface area contributed by atoms with Gasteiger partial charge >= 0.3 is 0 Å². The van der Waals surface area contributed by atoms with Crippen LogP contribution in [0.1, 0.15) is 61.1 Å². The van der Waals surface area contributed by atoms with Crippen molar-refractivity contribution in [2.45, 2.75) is 45.3 Å². The monoisotopic (exact) mass is 514 g/mol. The van der Waals surface area contributed by atoms with Gasteiger partial charge in [-0.3, -0.25) is 9.59 Å². The van der Waals surface area contributed by atoms with E-state index in [1.807, 2.05) is 13.8 Å². The highest BCUT2D eigenvalue weighted by atomic mass is 35.5. The number of nitrogens with one attached hydrogen (secondary N) is 2. The number of fused-ring (bicyclic) bond motifs is 1. The van der Waals surface area contributed by atoms with Gasteiger partial charge in [0.05, 0.1) is 22.8 Å². The Morgan fingerprint density at radius 3 is 2.42 bits per heavy atom. The van der Waals surface area contributed by atoms with Gasteiger partial charge in [0, 0.05) is 16.8 Å². The van der Waals surface area contributed by atoms with Gasteiger partial charge in [0.1, 0.15) is 17.2 Å². The van der Waals surface area contributed by atoms with E-state index in [0.717, 1.165) is 6.07 Å². The average Bonchev–Trinajstić information content (AvgIpc) is 3.18.